The minimum Gasteiger partial charge on any atom is -0.493 e. The van der Waals surface area contributed by atoms with Crippen LogP contribution in [0.1, 0.15) is 22.6 Å². The van der Waals surface area contributed by atoms with E-state index in [-0.39, 0.29) is 0 Å². The van der Waals surface area contributed by atoms with Gasteiger partial charge in [-0.3, -0.25) is 9.80 Å². The molecule has 122 valence electrons. The summed E-state index contributed by atoms with van der Waals surface area (Å²) in [6, 6.07) is 8.67. The topological polar surface area (TPSA) is 41.7 Å². The summed E-state index contributed by atoms with van der Waals surface area (Å²) >= 11 is 0. The lowest BCUT2D eigenvalue weighted by Crippen LogP contribution is -2.45. The first-order chi connectivity index (χ1) is 11.3. The van der Waals surface area contributed by atoms with Crippen molar-refractivity contribution >= 4 is 0 Å². The maximum absolute atomic E-state index is 5.58. The smallest absolute Gasteiger partial charge is 0.150 e. The molecule has 5 heteroatoms. The van der Waals surface area contributed by atoms with Gasteiger partial charge in [-0.05, 0) is 24.1 Å². The van der Waals surface area contributed by atoms with E-state index in [0.29, 0.717) is 0 Å². The molecule has 0 bridgehead atoms. The highest BCUT2D eigenvalue weighted by molar-refractivity contribution is 5.39. The fraction of sp³-hybridized carbons (Fsp3) is 0.500. The van der Waals surface area contributed by atoms with Gasteiger partial charge in [0.2, 0.25) is 0 Å². The number of aryl methyl sites for hydroxylation is 1. The predicted molar refractivity (Wildman–Crippen MR) is 87.4 cm³/mol. The van der Waals surface area contributed by atoms with Crippen molar-refractivity contribution in [1.82, 2.24) is 15.0 Å². The zero-order valence-corrected chi connectivity index (χ0v) is 13.6. The number of piperazine rings is 1. The van der Waals surface area contributed by atoms with Crippen LogP contribution in [0, 0.1) is 6.92 Å². The lowest BCUT2D eigenvalue weighted by molar-refractivity contribution is 0.113. The quantitative estimate of drug-likeness (QED) is 0.866. The van der Waals surface area contributed by atoms with Crippen LogP contribution in [0.2, 0.25) is 0 Å². The fourth-order valence-corrected chi connectivity index (χ4v) is 3.41. The summed E-state index contributed by atoms with van der Waals surface area (Å²) in [5.41, 5.74) is 3.72. The molecule has 0 radical (unpaired) electrons. The molecular formula is C18H23N3O2. The van der Waals surface area contributed by atoms with Gasteiger partial charge >= 0.3 is 0 Å². The summed E-state index contributed by atoms with van der Waals surface area (Å²) in [5.74, 6) is 2.04. The highest BCUT2D eigenvalue weighted by Crippen LogP contribution is 2.26. The summed E-state index contributed by atoms with van der Waals surface area (Å²) in [5, 5.41) is 3.96. The molecule has 0 spiro atoms. The summed E-state index contributed by atoms with van der Waals surface area (Å²) < 4.78 is 10.9. The SMILES string of the molecule is Cc1cc(CN2CCN(Cc3ccc4c(c3)CCO4)CC2)on1. The lowest BCUT2D eigenvalue weighted by atomic mass is 10.1. The minimum absolute atomic E-state index is 0.832. The van der Waals surface area contributed by atoms with Gasteiger partial charge in [0.25, 0.3) is 0 Å². The molecule has 2 aliphatic rings. The molecule has 2 aromatic rings. The van der Waals surface area contributed by atoms with Crippen molar-refractivity contribution < 1.29 is 9.26 Å². The van der Waals surface area contributed by atoms with Gasteiger partial charge < -0.3 is 9.26 Å². The molecule has 1 aromatic heterocycles. The van der Waals surface area contributed by atoms with Crippen LogP contribution in [0.25, 0.3) is 0 Å². The Bertz CT molecular complexity index is 675. The molecule has 0 atom stereocenters. The van der Waals surface area contributed by atoms with E-state index in [4.69, 9.17) is 9.26 Å². The second kappa shape index (κ2) is 6.34. The Morgan fingerprint density at radius 3 is 2.57 bits per heavy atom. The molecule has 3 heterocycles. The van der Waals surface area contributed by atoms with E-state index in [1.54, 1.807) is 0 Å². The Balaban J connectivity index is 1.29. The van der Waals surface area contributed by atoms with E-state index in [9.17, 15) is 0 Å². The monoisotopic (exact) mass is 313 g/mol. The first-order valence-corrected chi connectivity index (χ1v) is 8.38. The first kappa shape index (κ1) is 14.7. The molecule has 1 aromatic carbocycles. The van der Waals surface area contributed by atoms with Crippen LogP contribution in [-0.4, -0.2) is 47.7 Å². The molecule has 1 saturated heterocycles. The van der Waals surface area contributed by atoms with Crippen LogP contribution in [0.4, 0.5) is 0 Å². The van der Waals surface area contributed by atoms with Gasteiger partial charge in [-0.2, -0.15) is 0 Å². The number of hydrogen-bond donors (Lipinski definition) is 0. The molecule has 0 amide bonds. The van der Waals surface area contributed by atoms with Gasteiger partial charge in [0.1, 0.15) is 5.75 Å². The summed E-state index contributed by atoms with van der Waals surface area (Å²) in [6.45, 7) is 9.04. The van der Waals surface area contributed by atoms with Gasteiger partial charge in [0.05, 0.1) is 18.8 Å². The van der Waals surface area contributed by atoms with E-state index >= 15 is 0 Å². The maximum atomic E-state index is 5.58. The van der Waals surface area contributed by atoms with E-state index in [1.165, 1.54) is 11.1 Å². The second-order valence-electron chi connectivity index (χ2n) is 6.53. The number of benzene rings is 1. The highest BCUT2D eigenvalue weighted by Gasteiger charge is 2.19. The average Bonchev–Trinajstić information content (AvgIpc) is 3.17. The van der Waals surface area contributed by atoms with Gasteiger partial charge in [-0.15, -0.1) is 0 Å². The van der Waals surface area contributed by atoms with E-state index in [1.807, 2.05) is 13.0 Å². The third-order valence-electron chi connectivity index (χ3n) is 4.68. The van der Waals surface area contributed by atoms with Gasteiger partial charge in [-0.1, -0.05) is 17.3 Å². The summed E-state index contributed by atoms with van der Waals surface area (Å²) in [4.78, 5) is 4.96. The first-order valence-electron chi connectivity index (χ1n) is 8.38. The molecule has 0 saturated carbocycles. The van der Waals surface area contributed by atoms with Crippen LogP contribution in [0.15, 0.2) is 28.8 Å². The average molecular weight is 313 g/mol. The number of rotatable bonds is 4. The van der Waals surface area contributed by atoms with Crippen molar-refractivity contribution in [2.75, 3.05) is 32.8 Å². The molecule has 5 nitrogen and oxygen atoms in total. The minimum atomic E-state index is 0.832. The van der Waals surface area contributed by atoms with Crippen LogP contribution in [0.5, 0.6) is 5.75 Å². The Morgan fingerprint density at radius 1 is 1.04 bits per heavy atom. The van der Waals surface area contributed by atoms with Crippen LogP contribution < -0.4 is 4.74 Å². The van der Waals surface area contributed by atoms with Crippen molar-refractivity contribution in [2.24, 2.45) is 0 Å². The normalized spacial score (nSPS) is 18.8. The Kier molecular flexibility index (Phi) is 4.06. The summed E-state index contributed by atoms with van der Waals surface area (Å²) in [6.07, 6.45) is 1.05. The Labute approximate surface area is 136 Å². The van der Waals surface area contributed by atoms with Crippen LogP contribution in [0.3, 0.4) is 0 Å². The summed E-state index contributed by atoms with van der Waals surface area (Å²) in [7, 11) is 0. The van der Waals surface area contributed by atoms with Crippen molar-refractivity contribution in [1.29, 1.82) is 0 Å². The molecular weight excluding hydrogens is 290 g/mol. The van der Waals surface area contributed by atoms with Gasteiger partial charge in [0, 0.05) is 45.2 Å². The standard InChI is InChI=1S/C18H23N3O2/c1-14-10-17(23-19-14)13-21-7-5-20(6-8-21)12-15-2-3-18-16(11-15)4-9-22-18/h2-3,10-11H,4-9,12-13H2,1H3. The number of aromatic nitrogens is 1. The van der Waals surface area contributed by atoms with Gasteiger partial charge in [-0.25, -0.2) is 0 Å². The zero-order chi connectivity index (χ0) is 15.6. The third-order valence-corrected chi connectivity index (χ3v) is 4.68. The third kappa shape index (κ3) is 3.41. The molecule has 2 aliphatic heterocycles. The Morgan fingerprint density at radius 2 is 1.83 bits per heavy atom. The molecule has 1 fully saturated rings. The van der Waals surface area contributed by atoms with Crippen molar-refractivity contribution in [3.05, 3.63) is 46.8 Å². The van der Waals surface area contributed by atoms with E-state index < -0.39 is 0 Å². The largest absolute Gasteiger partial charge is 0.493 e. The number of nitrogens with zero attached hydrogens (tertiary/aromatic N) is 3. The maximum Gasteiger partial charge on any atom is 0.150 e. The molecule has 23 heavy (non-hydrogen) atoms. The predicted octanol–water partition coefficient (Wildman–Crippen LogP) is 2.24. The second-order valence-corrected chi connectivity index (χ2v) is 6.53. The molecule has 4 rings (SSSR count). The van der Waals surface area contributed by atoms with E-state index in [2.05, 4.69) is 33.2 Å². The fourth-order valence-electron chi connectivity index (χ4n) is 3.41. The molecule has 0 unspecified atom stereocenters. The number of fused-ring (bicyclic) bond motifs is 1. The number of hydrogen-bond acceptors (Lipinski definition) is 5. The van der Waals surface area contributed by atoms with Crippen LogP contribution in [-0.2, 0) is 19.5 Å². The van der Waals surface area contributed by atoms with Crippen molar-refractivity contribution in [3.8, 4) is 5.75 Å². The van der Waals surface area contributed by atoms with Crippen LogP contribution >= 0.6 is 0 Å². The molecule has 0 aliphatic carbocycles. The Hall–Kier alpha value is -1.85. The molecule has 0 N–H and O–H groups in total. The zero-order valence-electron chi connectivity index (χ0n) is 13.6. The van der Waals surface area contributed by atoms with Crippen molar-refractivity contribution in [2.45, 2.75) is 26.4 Å². The van der Waals surface area contributed by atoms with Gasteiger partial charge in [0.15, 0.2) is 5.76 Å². The lowest BCUT2D eigenvalue weighted by Gasteiger charge is -2.34. The number of ether oxygens (including phenoxy) is 1. The van der Waals surface area contributed by atoms with E-state index in [0.717, 1.165) is 69.5 Å². The van der Waals surface area contributed by atoms with Crippen molar-refractivity contribution in [3.63, 3.8) is 0 Å². The highest BCUT2D eigenvalue weighted by atomic mass is 16.5.